The molecule has 1 heterocycles. The third-order valence-corrected chi connectivity index (χ3v) is 2.87. The smallest absolute Gasteiger partial charge is 0.214 e. The third kappa shape index (κ3) is 5.31. The van der Waals surface area contributed by atoms with Gasteiger partial charge in [0.15, 0.2) is 0 Å². The van der Waals surface area contributed by atoms with Gasteiger partial charge in [-0.15, -0.1) is 0 Å². The van der Waals surface area contributed by atoms with Crippen molar-refractivity contribution in [2.24, 2.45) is 0 Å². The van der Waals surface area contributed by atoms with Crippen LogP contribution < -0.4 is 5.32 Å². The van der Waals surface area contributed by atoms with Gasteiger partial charge in [-0.25, -0.2) is 0 Å². The first kappa shape index (κ1) is 14.9. The Kier molecular flexibility index (Phi) is 5.34. The van der Waals surface area contributed by atoms with Crippen LogP contribution in [0.15, 0.2) is 0 Å². The van der Waals surface area contributed by atoms with E-state index in [-0.39, 0.29) is 6.61 Å². The summed E-state index contributed by atoms with van der Waals surface area (Å²) >= 11 is 0. The maximum absolute atomic E-state index is 9.84. The molecule has 0 aliphatic carbocycles. The average Bonchev–Trinajstić information content (AvgIpc) is 2.41. The molecule has 2 unspecified atom stereocenters. The molecule has 0 aromatic rings. The Morgan fingerprint density at radius 3 is 2.65 bits per heavy atom. The Bertz CT molecular complexity index is 219. The van der Waals surface area contributed by atoms with Gasteiger partial charge in [0.25, 0.3) is 0 Å². The molecule has 3 N–H and O–H groups in total. The molecular weight excluding hydrogens is 222 g/mol. The van der Waals surface area contributed by atoms with Crippen LogP contribution >= 0.6 is 0 Å². The van der Waals surface area contributed by atoms with Gasteiger partial charge in [0, 0.05) is 18.8 Å². The number of hydrogen-bond donors (Lipinski definition) is 3. The first-order chi connectivity index (χ1) is 7.87. The van der Waals surface area contributed by atoms with E-state index in [0.29, 0.717) is 19.6 Å². The van der Waals surface area contributed by atoms with Crippen LogP contribution in [0.25, 0.3) is 0 Å². The maximum Gasteiger partial charge on any atom is 0.214 e. The summed E-state index contributed by atoms with van der Waals surface area (Å²) in [5, 5.41) is 22.4. The molecule has 5 nitrogen and oxygen atoms in total. The zero-order valence-electron chi connectivity index (χ0n) is 11.0. The van der Waals surface area contributed by atoms with Crippen molar-refractivity contribution in [3.8, 4) is 0 Å². The van der Waals surface area contributed by atoms with Crippen LogP contribution in [0, 0.1) is 0 Å². The summed E-state index contributed by atoms with van der Waals surface area (Å²) in [4.78, 5) is 0. The highest BCUT2D eigenvalue weighted by atomic mass is 16.6. The Morgan fingerprint density at radius 2 is 2.06 bits per heavy atom. The topological polar surface area (TPSA) is 71.0 Å². The van der Waals surface area contributed by atoms with Crippen molar-refractivity contribution in [2.75, 3.05) is 19.8 Å². The Hall–Kier alpha value is -0.200. The molecule has 17 heavy (non-hydrogen) atoms. The van der Waals surface area contributed by atoms with E-state index < -0.39 is 17.6 Å². The minimum atomic E-state index is -1.07. The van der Waals surface area contributed by atoms with Crippen LogP contribution in [-0.2, 0) is 9.47 Å². The molecule has 0 spiro atoms. The molecule has 102 valence electrons. The average molecular weight is 247 g/mol. The van der Waals surface area contributed by atoms with Crippen molar-refractivity contribution < 1.29 is 19.7 Å². The number of ether oxygens (including phenoxy) is 2. The molecule has 1 fully saturated rings. The fraction of sp³-hybridized carbons (Fsp3) is 1.00. The fourth-order valence-electron chi connectivity index (χ4n) is 1.98. The Labute approximate surface area is 103 Å². The second-order valence-electron chi connectivity index (χ2n) is 5.63. The van der Waals surface area contributed by atoms with Crippen molar-refractivity contribution >= 4 is 0 Å². The second kappa shape index (κ2) is 6.11. The first-order valence-electron chi connectivity index (χ1n) is 6.19. The van der Waals surface area contributed by atoms with Gasteiger partial charge in [0.2, 0.25) is 6.41 Å². The van der Waals surface area contributed by atoms with Gasteiger partial charge in [-0.2, -0.15) is 0 Å². The minimum absolute atomic E-state index is 0.0269. The highest BCUT2D eigenvalue weighted by Crippen LogP contribution is 2.22. The zero-order chi connectivity index (χ0) is 12.9. The van der Waals surface area contributed by atoms with Gasteiger partial charge in [-0.3, -0.25) is 5.32 Å². The third-order valence-electron chi connectivity index (χ3n) is 2.87. The molecule has 0 saturated carbocycles. The highest BCUT2D eigenvalue weighted by Gasteiger charge is 2.33. The summed E-state index contributed by atoms with van der Waals surface area (Å²) in [5.41, 5.74) is -0.925. The Balaban J connectivity index is 2.54. The summed E-state index contributed by atoms with van der Waals surface area (Å²) in [6, 6.07) is 0. The van der Waals surface area contributed by atoms with E-state index in [2.05, 4.69) is 5.32 Å². The summed E-state index contributed by atoms with van der Waals surface area (Å²) in [6.07, 6.45) is 1.25. The quantitative estimate of drug-likeness (QED) is 0.635. The summed E-state index contributed by atoms with van der Waals surface area (Å²) < 4.78 is 10.8. The fourth-order valence-corrected chi connectivity index (χ4v) is 1.98. The van der Waals surface area contributed by atoms with E-state index in [9.17, 15) is 10.2 Å². The molecule has 1 saturated heterocycles. The van der Waals surface area contributed by atoms with Crippen LogP contribution in [0.2, 0.25) is 0 Å². The molecule has 0 aromatic carbocycles. The molecule has 0 amide bonds. The molecule has 0 bridgehead atoms. The lowest BCUT2D eigenvalue weighted by Gasteiger charge is -2.35. The number of aliphatic hydroxyl groups excluding tert-OH is 2. The summed E-state index contributed by atoms with van der Waals surface area (Å²) in [6.45, 7) is 6.90. The monoisotopic (exact) mass is 247 g/mol. The zero-order valence-corrected chi connectivity index (χ0v) is 11.0. The van der Waals surface area contributed by atoms with Gasteiger partial charge in [0.1, 0.15) is 0 Å². The van der Waals surface area contributed by atoms with Crippen molar-refractivity contribution in [1.29, 1.82) is 0 Å². The van der Waals surface area contributed by atoms with E-state index in [1.54, 1.807) is 0 Å². The molecule has 0 radical (unpaired) electrons. The minimum Gasteiger partial charge on any atom is -0.394 e. The summed E-state index contributed by atoms with van der Waals surface area (Å²) in [5.74, 6) is 0. The molecule has 0 aromatic heterocycles. The number of hydrogen-bond acceptors (Lipinski definition) is 5. The van der Waals surface area contributed by atoms with Crippen LogP contribution in [0.4, 0.5) is 0 Å². The van der Waals surface area contributed by atoms with Crippen molar-refractivity contribution in [3.63, 3.8) is 0 Å². The van der Waals surface area contributed by atoms with Crippen molar-refractivity contribution in [2.45, 2.75) is 57.6 Å². The largest absolute Gasteiger partial charge is 0.394 e. The van der Waals surface area contributed by atoms with Gasteiger partial charge >= 0.3 is 0 Å². The van der Waals surface area contributed by atoms with E-state index in [1.165, 1.54) is 0 Å². The van der Waals surface area contributed by atoms with Crippen LogP contribution in [0.1, 0.15) is 40.0 Å². The lowest BCUT2D eigenvalue weighted by molar-refractivity contribution is -0.195. The number of nitrogens with one attached hydrogen (secondary N) is 1. The number of aliphatic hydroxyl groups is 2. The molecule has 2 atom stereocenters. The first-order valence-corrected chi connectivity index (χ1v) is 6.19. The summed E-state index contributed by atoms with van der Waals surface area (Å²) in [7, 11) is 0. The molecule has 1 aliphatic rings. The standard InChI is InChI=1S/C12H25NO4/c1-11(2,3)17-10(15)13-12(9-14)5-4-7-16-8-6-12/h10,13-15H,4-9H2,1-3H3. The van der Waals surface area contributed by atoms with Gasteiger partial charge in [0.05, 0.1) is 12.2 Å². The predicted molar refractivity (Wildman–Crippen MR) is 64.5 cm³/mol. The van der Waals surface area contributed by atoms with Gasteiger partial charge in [-0.05, 0) is 40.0 Å². The lowest BCUT2D eigenvalue weighted by Crippen LogP contribution is -2.55. The van der Waals surface area contributed by atoms with Crippen LogP contribution in [-0.4, -0.2) is 47.6 Å². The van der Waals surface area contributed by atoms with E-state index in [4.69, 9.17) is 9.47 Å². The van der Waals surface area contributed by atoms with Crippen molar-refractivity contribution in [3.05, 3.63) is 0 Å². The van der Waals surface area contributed by atoms with Crippen LogP contribution in [0.3, 0.4) is 0 Å². The van der Waals surface area contributed by atoms with E-state index in [1.807, 2.05) is 20.8 Å². The van der Waals surface area contributed by atoms with Gasteiger partial charge < -0.3 is 19.7 Å². The molecule has 5 heteroatoms. The molecule has 1 rings (SSSR count). The maximum atomic E-state index is 9.84. The SMILES string of the molecule is CC(C)(C)OC(O)NC1(CO)CCCOCC1. The van der Waals surface area contributed by atoms with Crippen LogP contribution in [0.5, 0.6) is 0 Å². The van der Waals surface area contributed by atoms with Crippen molar-refractivity contribution in [1.82, 2.24) is 5.32 Å². The molecular formula is C12H25NO4. The predicted octanol–water partition coefficient (Wildman–Crippen LogP) is 0.599. The normalized spacial score (nSPS) is 28.8. The van der Waals surface area contributed by atoms with E-state index in [0.717, 1.165) is 12.8 Å². The highest BCUT2D eigenvalue weighted by molar-refractivity contribution is 4.88. The van der Waals surface area contributed by atoms with E-state index >= 15 is 0 Å². The second-order valence-corrected chi connectivity index (χ2v) is 5.63. The Morgan fingerprint density at radius 1 is 1.35 bits per heavy atom. The number of rotatable bonds is 4. The molecule has 1 aliphatic heterocycles. The van der Waals surface area contributed by atoms with Gasteiger partial charge in [-0.1, -0.05) is 0 Å². The lowest BCUT2D eigenvalue weighted by atomic mass is 9.92.